The van der Waals surface area contributed by atoms with Gasteiger partial charge in [0.25, 0.3) is 5.88 Å². The lowest BCUT2D eigenvalue weighted by molar-refractivity contribution is -0.120. The first-order valence-corrected chi connectivity index (χ1v) is 10.7. The molecule has 0 aliphatic carbocycles. The number of hydrogen-bond acceptors (Lipinski definition) is 5. The number of aryl methyl sites for hydroxylation is 1. The maximum atomic E-state index is 12.9. The Morgan fingerprint density at radius 2 is 1.83 bits per heavy atom. The molecule has 1 atom stereocenters. The van der Waals surface area contributed by atoms with Crippen LogP contribution in [0.4, 0.5) is 11.5 Å². The fourth-order valence-corrected chi connectivity index (χ4v) is 3.87. The van der Waals surface area contributed by atoms with Crippen molar-refractivity contribution in [1.82, 2.24) is 9.97 Å². The van der Waals surface area contributed by atoms with E-state index in [9.17, 15) is 4.79 Å². The third kappa shape index (κ3) is 4.37. The average molecular weight is 405 g/mol. The van der Waals surface area contributed by atoms with Crippen molar-refractivity contribution in [3.63, 3.8) is 0 Å². The highest BCUT2D eigenvalue weighted by Crippen LogP contribution is 2.31. The van der Waals surface area contributed by atoms with E-state index in [0.717, 1.165) is 48.3 Å². The van der Waals surface area contributed by atoms with E-state index in [0.29, 0.717) is 19.0 Å². The number of ether oxygens (including phenoxy) is 1. The van der Waals surface area contributed by atoms with Gasteiger partial charge in [-0.2, -0.15) is 0 Å². The Hall–Kier alpha value is -3.15. The van der Waals surface area contributed by atoms with Crippen LogP contribution < -0.4 is 15.0 Å². The molecular weight excluding hydrogens is 376 g/mol. The van der Waals surface area contributed by atoms with Gasteiger partial charge >= 0.3 is 0 Å². The highest BCUT2D eigenvalue weighted by Gasteiger charge is 2.29. The number of hydrogen-bond donors (Lipinski definition) is 1. The summed E-state index contributed by atoms with van der Waals surface area (Å²) in [4.78, 5) is 24.5. The number of nitrogens with one attached hydrogen (secondary N) is 1. The molecule has 1 N–H and O–H groups in total. The Morgan fingerprint density at radius 1 is 1.10 bits per heavy atom. The summed E-state index contributed by atoms with van der Waals surface area (Å²) in [6.07, 6.45) is 2.77. The molecule has 2 aromatic carbocycles. The SMILES string of the molecule is CCOc1nc2ccccc2nc1N1CCC[C@@H](C(=O)Nc2ccc(CC)cc2)C1. The molecule has 0 unspecified atom stereocenters. The summed E-state index contributed by atoms with van der Waals surface area (Å²) in [7, 11) is 0. The van der Waals surface area contributed by atoms with Gasteiger partial charge in [0.2, 0.25) is 5.91 Å². The van der Waals surface area contributed by atoms with E-state index in [-0.39, 0.29) is 11.8 Å². The molecule has 0 spiro atoms. The first-order chi connectivity index (χ1) is 14.7. The van der Waals surface area contributed by atoms with Gasteiger partial charge in [-0.05, 0) is 56.0 Å². The quantitative estimate of drug-likeness (QED) is 0.658. The zero-order chi connectivity index (χ0) is 20.9. The number of rotatable bonds is 6. The lowest BCUT2D eigenvalue weighted by atomic mass is 9.97. The Kier molecular flexibility index (Phi) is 6.12. The highest BCUT2D eigenvalue weighted by atomic mass is 16.5. The van der Waals surface area contributed by atoms with Crippen LogP contribution in [0.3, 0.4) is 0 Å². The molecule has 3 aromatic rings. The molecule has 156 valence electrons. The maximum Gasteiger partial charge on any atom is 0.258 e. The van der Waals surface area contributed by atoms with Crippen LogP contribution in [0.15, 0.2) is 48.5 Å². The molecule has 6 nitrogen and oxygen atoms in total. The standard InChI is InChI=1S/C24H28N4O2/c1-3-17-11-13-19(14-12-17)25-23(29)18-8-7-15-28(16-18)22-24(30-4-2)27-21-10-6-5-9-20(21)26-22/h5-6,9-14,18H,3-4,7-8,15-16H2,1-2H3,(H,25,29)/t18-/m1/s1. The monoisotopic (exact) mass is 404 g/mol. The lowest BCUT2D eigenvalue weighted by Gasteiger charge is -2.33. The Bertz CT molecular complexity index is 1020. The van der Waals surface area contributed by atoms with E-state index in [1.54, 1.807) is 0 Å². The van der Waals surface area contributed by atoms with E-state index in [4.69, 9.17) is 9.72 Å². The van der Waals surface area contributed by atoms with E-state index >= 15 is 0 Å². The van der Waals surface area contributed by atoms with Gasteiger partial charge in [0.1, 0.15) is 0 Å². The molecular formula is C24H28N4O2. The van der Waals surface area contributed by atoms with Crippen LogP contribution in [0.25, 0.3) is 11.0 Å². The van der Waals surface area contributed by atoms with Crippen molar-refractivity contribution in [3.05, 3.63) is 54.1 Å². The normalized spacial score (nSPS) is 16.5. The number of benzene rings is 2. The average Bonchev–Trinajstić information content (AvgIpc) is 2.79. The lowest BCUT2D eigenvalue weighted by Crippen LogP contribution is -2.41. The fraction of sp³-hybridized carbons (Fsp3) is 0.375. The van der Waals surface area contributed by atoms with E-state index < -0.39 is 0 Å². The summed E-state index contributed by atoms with van der Waals surface area (Å²) in [5, 5.41) is 3.07. The molecule has 2 heterocycles. The first-order valence-electron chi connectivity index (χ1n) is 10.7. The van der Waals surface area contributed by atoms with Gasteiger partial charge in [-0.25, -0.2) is 9.97 Å². The van der Waals surface area contributed by atoms with Crippen LogP contribution in [0.2, 0.25) is 0 Å². The van der Waals surface area contributed by atoms with Crippen LogP contribution in [0, 0.1) is 5.92 Å². The van der Waals surface area contributed by atoms with Crippen molar-refractivity contribution in [2.45, 2.75) is 33.1 Å². The second-order valence-electron chi connectivity index (χ2n) is 7.60. The molecule has 0 bridgehead atoms. The van der Waals surface area contributed by atoms with Crippen LogP contribution in [0.1, 0.15) is 32.3 Å². The van der Waals surface area contributed by atoms with Gasteiger partial charge in [-0.3, -0.25) is 4.79 Å². The smallest absolute Gasteiger partial charge is 0.258 e. The van der Waals surface area contributed by atoms with Crippen LogP contribution in [0.5, 0.6) is 5.88 Å². The number of aromatic nitrogens is 2. The first kappa shape index (κ1) is 20.1. The van der Waals surface area contributed by atoms with Crippen molar-refractivity contribution >= 4 is 28.4 Å². The summed E-state index contributed by atoms with van der Waals surface area (Å²) < 4.78 is 5.80. The largest absolute Gasteiger partial charge is 0.475 e. The third-order valence-electron chi connectivity index (χ3n) is 5.52. The number of anilines is 2. The van der Waals surface area contributed by atoms with Crippen molar-refractivity contribution in [1.29, 1.82) is 0 Å². The number of carbonyl (C=O) groups excluding carboxylic acids is 1. The second-order valence-corrected chi connectivity index (χ2v) is 7.60. The van der Waals surface area contributed by atoms with Crippen molar-refractivity contribution in [3.8, 4) is 5.88 Å². The predicted octanol–water partition coefficient (Wildman–Crippen LogP) is 4.45. The van der Waals surface area contributed by atoms with Gasteiger partial charge in [0.15, 0.2) is 5.82 Å². The zero-order valence-electron chi connectivity index (χ0n) is 17.6. The number of nitrogens with zero attached hydrogens (tertiary/aromatic N) is 3. The predicted molar refractivity (Wildman–Crippen MR) is 120 cm³/mol. The molecule has 1 aliphatic heterocycles. The molecule has 1 fully saturated rings. The van der Waals surface area contributed by atoms with Crippen LogP contribution in [-0.4, -0.2) is 35.6 Å². The van der Waals surface area contributed by atoms with Gasteiger partial charge in [-0.15, -0.1) is 0 Å². The van der Waals surface area contributed by atoms with Gasteiger partial charge in [0, 0.05) is 18.8 Å². The Morgan fingerprint density at radius 3 is 2.53 bits per heavy atom. The second kappa shape index (κ2) is 9.11. The number of para-hydroxylation sites is 2. The van der Waals surface area contributed by atoms with Gasteiger partial charge in [-0.1, -0.05) is 31.2 Å². The summed E-state index contributed by atoms with van der Waals surface area (Å²) in [5.41, 5.74) is 3.75. The minimum absolute atomic E-state index is 0.0515. The van der Waals surface area contributed by atoms with Crippen molar-refractivity contribution in [2.75, 3.05) is 29.9 Å². The highest BCUT2D eigenvalue weighted by molar-refractivity contribution is 5.93. The van der Waals surface area contributed by atoms with E-state index in [2.05, 4.69) is 34.3 Å². The number of fused-ring (bicyclic) bond motifs is 1. The van der Waals surface area contributed by atoms with E-state index in [1.807, 2.05) is 43.3 Å². The van der Waals surface area contributed by atoms with Crippen molar-refractivity contribution < 1.29 is 9.53 Å². The topological polar surface area (TPSA) is 67.4 Å². The molecule has 30 heavy (non-hydrogen) atoms. The summed E-state index contributed by atoms with van der Waals surface area (Å²) in [6, 6.07) is 15.8. The minimum Gasteiger partial charge on any atom is -0.475 e. The van der Waals surface area contributed by atoms with E-state index in [1.165, 1.54) is 5.56 Å². The molecule has 6 heteroatoms. The fourth-order valence-electron chi connectivity index (χ4n) is 3.87. The number of carbonyl (C=O) groups is 1. The summed E-state index contributed by atoms with van der Waals surface area (Å²) in [5.74, 6) is 1.20. The van der Waals surface area contributed by atoms with Gasteiger partial charge < -0.3 is 15.0 Å². The molecule has 4 rings (SSSR count). The molecule has 1 aromatic heterocycles. The number of piperidine rings is 1. The Balaban J connectivity index is 1.53. The summed E-state index contributed by atoms with van der Waals surface area (Å²) >= 11 is 0. The molecule has 0 radical (unpaired) electrons. The zero-order valence-corrected chi connectivity index (χ0v) is 17.6. The molecule has 1 aliphatic rings. The summed E-state index contributed by atoms with van der Waals surface area (Å²) in [6.45, 7) is 6.02. The van der Waals surface area contributed by atoms with Gasteiger partial charge in [0.05, 0.1) is 23.6 Å². The van der Waals surface area contributed by atoms with Crippen molar-refractivity contribution in [2.24, 2.45) is 5.92 Å². The van der Waals surface area contributed by atoms with Crippen LogP contribution >= 0.6 is 0 Å². The molecule has 1 amide bonds. The Labute approximate surface area is 177 Å². The minimum atomic E-state index is -0.104. The molecule has 1 saturated heterocycles. The van der Waals surface area contributed by atoms with Crippen LogP contribution in [-0.2, 0) is 11.2 Å². The third-order valence-corrected chi connectivity index (χ3v) is 5.52. The number of amides is 1. The molecule has 0 saturated carbocycles. The maximum absolute atomic E-state index is 12.9.